The zero-order valence-electron chi connectivity index (χ0n) is 13.1. The molecular formula is C18H22N2OS. The summed E-state index contributed by atoms with van der Waals surface area (Å²) in [7, 11) is 0. The molecule has 0 bridgehead atoms. The topological polar surface area (TPSA) is 55.1 Å². The van der Waals surface area contributed by atoms with E-state index in [0.29, 0.717) is 10.6 Å². The van der Waals surface area contributed by atoms with Gasteiger partial charge in [0, 0.05) is 10.6 Å². The number of nitrogens with two attached hydrogens (primary N) is 1. The van der Waals surface area contributed by atoms with Gasteiger partial charge in [0.25, 0.3) is 5.91 Å². The maximum Gasteiger partial charge on any atom is 0.258 e. The van der Waals surface area contributed by atoms with Crippen LogP contribution < -0.4 is 11.1 Å². The van der Waals surface area contributed by atoms with Gasteiger partial charge < -0.3 is 11.1 Å². The summed E-state index contributed by atoms with van der Waals surface area (Å²) in [5.74, 6) is 0.660. The van der Waals surface area contributed by atoms with Gasteiger partial charge in [0.05, 0.1) is 10.6 Å². The lowest BCUT2D eigenvalue weighted by Crippen LogP contribution is -2.18. The van der Waals surface area contributed by atoms with E-state index in [4.69, 9.17) is 5.73 Å². The molecule has 0 saturated heterocycles. The van der Waals surface area contributed by atoms with Crippen LogP contribution in [-0.2, 0) is 12.8 Å². The van der Waals surface area contributed by atoms with Crippen molar-refractivity contribution in [2.45, 2.75) is 39.5 Å². The van der Waals surface area contributed by atoms with Crippen LogP contribution in [0.4, 0.5) is 10.7 Å². The minimum absolute atomic E-state index is 0.0752. The Labute approximate surface area is 135 Å². The van der Waals surface area contributed by atoms with Gasteiger partial charge in [-0.05, 0) is 49.8 Å². The molecular weight excluding hydrogens is 292 g/mol. The fourth-order valence-corrected chi connectivity index (χ4v) is 4.33. The molecule has 2 aromatic rings. The summed E-state index contributed by atoms with van der Waals surface area (Å²) in [6.45, 7) is 4.26. The number of rotatable bonds is 3. The van der Waals surface area contributed by atoms with Crippen LogP contribution >= 0.6 is 11.3 Å². The molecule has 3 rings (SSSR count). The molecule has 0 radical (unpaired) electrons. The van der Waals surface area contributed by atoms with Crippen molar-refractivity contribution >= 4 is 27.9 Å². The van der Waals surface area contributed by atoms with Gasteiger partial charge in [-0.15, -0.1) is 11.3 Å². The first-order valence-electron chi connectivity index (χ1n) is 7.86. The fraction of sp³-hybridized carbons (Fsp3) is 0.389. The first kappa shape index (κ1) is 15.1. The van der Waals surface area contributed by atoms with Gasteiger partial charge in [-0.1, -0.05) is 31.0 Å². The zero-order chi connectivity index (χ0) is 15.7. The van der Waals surface area contributed by atoms with Crippen LogP contribution in [0.2, 0.25) is 0 Å². The molecule has 1 aromatic carbocycles. The van der Waals surface area contributed by atoms with E-state index in [1.54, 1.807) is 11.3 Å². The van der Waals surface area contributed by atoms with E-state index < -0.39 is 0 Å². The van der Waals surface area contributed by atoms with E-state index in [9.17, 15) is 4.79 Å². The Bertz CT molecular complexity index is 688. The van der Waals surface area contributed by atoms with Crippen LogP contribution in [0.5, 0.6) is 0 Å². The van der Waals surface area contributed by atoms with Crippen LogP contribution in [0, 0.1) is 12.8 Å². The molecule has 0 saturated carbocycles. The molecule has 1 amide bonds. The molecule has 1 atom stereocenters. The molecule has 0 unspecified atom stereocenters. The molecule has 1 aromatic heterocycles. The minimum Gasteiger partial charge on any atom is -0.390 e. The van der Waals surface area contributed by atoms with Gasteiger partial charge in [0.15, 0.2) is 0 Å². The zero-order valence-corrected chi connectivity index (χ0v) is 13.9. The first-order chi connectivity index (χ1) is 10.6. The number of aryl methyl sites for hydroxylation is 1. The molecule has 1 aliphatic carbocycles. The molecule has 0 fully saturated rings. The van der Waals surface area contributed by atoms with Gasteiger partial charge in [0.2, 0.25) is 0 Å². The highest BCUT2D eigenvalue weighted by Gasteiger charge is 2.27. The smallest absolute Gasteiger partial charge is 0.258 e. The molecule has 3 N–H and O–H groups in total. The van der Waals surface area contributed by atoms with E-state index >= 15 is 0 Å². The molecule has 116 valence electrons. The monoisotopic (exact) mass is 314 g/mol. The Kier molecular flexibility index (Phi) is 4.21. The Hall–Kier alpha value is -1.81. The van der Waals surface area contributed by atoms with Crippen LogP contribution in [0.25, 0.3) is 0 Å². The minimum atomic E-state index is -0.0752. The van der Waals surface area contributed by atoms with Crippen LogP contribution in [-0.4, -0.2) is 5.91 Å². The van der Waals surface area contributed by atoms with Crippen LogP contribution in [0.15, 0.2) is 24.3 Å². The first-order valence-corrected chi connectivity index (χ1v) is 8.68. The number of amides is 1. The maximum absolute atomic E-state index is 12.6. The average Bonchev–Trinajstić information content (AvgIpc) is 2.84. The van der Waals surface area contributed by atoms with Gasteiger partial charge in [-0.3, -0.25) is 4.79 Å². The Morgan fingerprint density at radius 2 is 2.09 bits per heavy atom. The van der Waals surface area contributed by atoms with Gasteiger partial charge in [-0.2, -0.15) is 0 Å². The lowest BCUT2D eigenvalue weighted by molar-refractivity contribution is 0.102. The predicted molar refractivity (Wildman–Crippen MR) is 93.7 cm³/mol. The largest absolute Gasteiger partial charge is 0.390 e. The number of benzene rings is 1. The molecule has 22 heavy (non-hydrogen) atoms. The van der Waals surface area contributed by atoms with Crippen molar-refractivity contribution in [3.8, 4) is 0 Å². The Morgan fingerprint density at radius 1 is 1.36 bits per heavy atom. The molecule has 1 heterocycles. The molecule has 4 heteroatoms. The molecule has 0 spiro atoms. The van der Waals surface area contributed by atoms with Crippen molar-refractivity contribution in [2.75, 3.05) is 11.1 Å². The van der Waals surface area contributed by atoms with Crippen molar-refractivity contribution in [3.63, 3.8) is 0 Å². The highest BCUT2D eigenvalue weighted by molar-refractivity contribution is 7.16. The Morgan fingerprint density at radius 3 is 2.77 bits per heavy atom. The van der Waals surface area contributed by atoms with Gasteiger partial charge in [-0.25, -0.2) is 0 Å². The lowest BCUT2D eigenvalue weighted by Gasteiger charge is -2.21. The third-order valence-electron chi connectivity index (χ3n) is 4.51. The van der Waals surface area contributed by atoms with Gasteiger partial charge in [0.1, 0.15) is 0 Å². The number of carbonyl (C=O) groups is 1. The summed E-state index contributed by atoms with van der Waals surface area (Å²) in [5, 5.41) is 3.63. The summed E-state index contributed by atoms with van der Waals surface area (Å²) < 4.78 is 0. The average molecular weight is 314 g/mol. The SMILES string of the molecule is CC[C@@H]1CCc2c(sc(N)c2C(=O)Nc2ccc(C)cc2)C1. The molecule has 3 nitrogen and oxygen atoms in total. The number of hydrogen-bond acceptors (Lipinski definition) is 3. The third-order valence-corrected chi connectivity index (χ3v) is 5.59. The van der Waals surface area contributed by atoms with Crippen LogP contribution in [0.1, 0.15) is 46.1 Å². The number of fused-ring (bicyclic) bond motifs is 1. The van der Waals surface area contributed by atoms with E-state index in [1.165, 1.54) is 22.4 Å². The number of nitrogens with one attached hydrogen (secondary N) is 1. The Balaban J connectivity index is 1.84. The fourth-order valence-electron chi connectivity index (χ4n) is 3.10. The van der Waals surface area contributed by atoms with E-state index in [2.05, 4.69) is 12.2 Å². The van der Waals surface area contributed by atoms with Crippen molar-refractivity contribution in [3.05, 3.63) is 45.8 Å². The van der Waals surface area contributed by atoms with Crippen molar-refractivity contribution in [2.24, 2.45) is 5.92 Å². The predicted octanol–water partition coefficient (Wildman–Crippen LogP) is 4.41. The molecule has 0 aliphatic heterocycles. The van der Waals surface area contributed by atoms with E-state index in [0.717, 1.165) is 30.9 Å². The highest BCUT2D eigenvalue weighted by Crippen LogP contribution is 2.39. The van der Waals surface area contributed by atoms with E-state index in [-0.39, 0.29) is 5.91 Å². The number of nitrogen functional groups attached to an aromatic ring is 1. The summed E-state index contributed by atoms with van der Waals surface area (Å²) in [6, 6.07) is 7.84. The summed E-state index contributed by atoms with van der Waals surface area (Å²) in [5.41, 5.74) is 10.0. The number of anilines is 2. The quantitative estimate of drug-likeness (QED) is 0.882. The number of thiophene rings is 1. The van der Waals surface area contributed by atoms with Crippen LogP contribution in [0.3, 0.4) is 0 Å². The summed E-state index contributed by atoms with van der Waals surface area (Å²) >= 11 is 1.59. The maximum atomic E-state index is 12.6. The second-order valence-corrected chi connectivity index (χ2v) is 7.22. The summed E-state index contributed by atoms with van der Waals surface area (Å²) in [6.07, 6.45) is 4.39. The normalized spacial score (nSPS) is 17.1. The van der Waals surface area contributed by atoms with Crippen molar-refractivity contribution < 1.29 is 4.79 Å². The number of carbonyl (C=O) groups excluding carboxylic acids is 1. The standard InChI is InChI=1S/C18H22N2OS/c1-3-12-6-9-14-15(10-12)22-17(19)16(14)18(21)20-13-7-4-11(2)5-8-13/h4-5,7-8,12H,3,6,9-10,19H2,1-2H3,(H,20,21)/t12-/m1/s1. The second-order valence-electron chi connectivity index (χ2n) is 6.08. The van der Waals surface area contributed by atoms with Crippen molar-refractivity contribution in [1.29, 1.82) is 0 Å². The second kappa shape index (κ2) is 6.13. The number of hydrogen-bond donors (Lipinski definition) is 2. The van der Waals surface area contributed by atoms with Crippen molar-refractivity contribution in [1.82, 2.24) is 0 Å². The molecule has 1 aliphatic rings. The highest BCUT2D eigenvalue weighted by atomic mass is 32.1. The van der Waals surface area contributed by atoms with E-state index in [1.807, 2.05) is 31.2 Å². The lowest BCUT2D eigenvalue weighted by atomic mass is 9.85. The van der Waals surface area contributed by atoms with Gasteiger partial charge >= 0.3 is 0 Å². The summed E-state index contributed by atoms with van der Waals surface area (Å²) in [4.78, 5) is 13.9. The third kappa shape index (κ3) is 2.88.